The summed E-state index contributed by atoms with van der Waals surface area (Å²) in [7, 11) is -0.104. The number of ether oxygens (including phenoxy) is 1. The maximum absolute atomic E-state index is 12.4. The third kappa shape index (κ3) is 3.95. The monoisotopic (exact) mass is 334 g/mol. The van der Waals surface area contributed by atoms with E-state index in [0.717, 1.165) is 5.30 Å². The van der Waals surface area contributed by atoms with Crippen molar-refractivity contribution in [1.29, 1.82) is 0 Å². The molecule has 0 aliphatic heterocycles. The molecule has 0 fully saturated rings. The van der Waals surface area contributed by atoms with Crippen LogP contribution in [0, 0.1) is 0 Å². The zero-order valence-electron chi connectivity index (χ0n) is 12.8. The lowest BCUT2D eigenvalue weighted by Gasteiger charge is -2.09. The molecule has 0 aliphatic carbocycles. The number of carbonyl (C=O) groups excluding carboxylic acids is 2. The summed E-state index contributed by atoms with van der Waals surface area (Å²) in [5.74, 6) is -0.00558. The lowest BCUT2D eigenvalue weighted by molar-refractivity contribution is 0.0736. The molecule has 3 aromatic carbocycles. The summed E-state index contributed by atoms with van der Waals surface area (Å²) in [6.07, 6.45) is 0. The van der Waals surface area contributed by atoms with Crippen LogP contribution in [0.25, 0.3) is 0 Å². The fourth-order valence-corrected chi connectivity index (χ4v) is 3.17. The van der Waals surface area contributed by atoms with Gasteiger partial charge in [0.1, 0.15) is 5.75 Å². The molecule has 0 bridgehead atoms. The molecule has 4 heteroatoms. The summed E-state index contributed by atoms with van der Waals surface area (Å²) < 4.78 is 5.48. The quantitative estimate of drug-likeness (QED) is 0.402. The van der Waals surface area contributed by atoms with E-state index in [1.165, 1.54) is 0 Å². The molecular weight excluding hydrogens is 319 g/mol. The predicted octanol–water partition coefficient (Wildman–Crippen LogP) is 4.05. The first-order valence-corrected chi connectivity index (χ1v) is 8.47. The first kappa shape index (κ1) is 16.1. The van der Waals surface area contributed by atoms with E-state index >= 15 is 0 Å². The van der Waals surface area contributed by atoms with Crippen LogP contribution in [-0.2, 0) is 0 Å². The Labute approximate surface area is 142 Å². The van der Waals surface area contributed by atoms with Gasteiger partial charge < -0.3 is 4.74 Å². The van der Waals surface area contributed by atoms with Crippen LogP contribution in [0.4, 0.5) is 0 Å². The number of benzene rings is 3. The molecule has 0 N–H and O–H groups in total. The highest BCUT2D eigenvalue weighted by molar-refractivity contribution is 7.66. The van der Waals surface area contributed by atoms with Crippen molar-refractivity contribution in [3.05, 3.63) is 96.1 Å². The molecule has 0 amide bonds. The zero-order chi connectivity index (χ0) is 16.8. The van der Waals surface area contributed by atoms with Crippen molar-refractivity contribution in [2.45, 2.75) is 0 Å². The SMILES string of the molecule is O=C(Oc1ccccc1PC(=O)c1ccccc1)c1ccccc1. The number of hydrogen-bond donors (Lipinski definition) is 0. The van der Waals surface area contributed by atoms with Crippen molar-refractivity contribution >= 4 is 25.4 Å². The maximum atomic E-state index is 12.4. The second-order valence-electron chi connectivity index (χ2n) is 5.07. The van der Waals surface area contributed by atoms with Gasteiger partial charge in [-0.05, 0) is 26.8 Å². The van der Waals surface area contributed by atoms with Crippen molar-refractivity contribution < 1.29 is 14.3 Å². The van der Waals surface area contributed by atoms with Crippen molar-refractivity contribution in [1.82, 2.24) is 0 Å². The molecule has 3 aromatic rings. The molecule has 0 heterocycles. The molecule has 1 atom stereocenters. The van der Waals surface area contributed by atoms with Crippen LogP contribution in [0.3, 0.4) is 0 Å². The fourth-order valence-electron chi connectivity index (χ4n) is 2.18. The highest BCUT2D eigenvalue weighted by Crippen LogP contribution is 2.24. The van der Waals surface area contributed by atoms with E-state index in [4.69, 9.17) is 4.74 Å². The van der Waals surface area contributed by atoms with Gasteiger partial charge >= 0.3 is 5.97 Å². The van der Waals surface area contributed by atoms with E-state index < -0.39 is 5.97 Å². The highest BCUT2D eigenvalue weighted by Gasteiger charge is 2.14. The minimum Gasteiger partial charge on any atom is -0.422 e. The van der Waals surface area contributed by atoms with Crippen molar-refractivity contribution in [2.75, 3.05) is 0 Å². The van der Waals surface area contributed by atoms with E-state index in [0.29, 0.717) is 16.9 Å². The molecule has 3 rings (SSSR count). The van der Waals surface area contributed by atoms with Crippen LogP contribution < -0.4 is 10.0 Å². The lowest BCUT2D eigenvalue weighted by Crippen LogP contribution is -2.13. The summed E-state index contributed by atoms with van der Waals surface area (Å²) in [5, 5.41) is 0.718. The topological polar surface area (TPSA) is 43.4 Å². The fraction of sp³-hybridized carbons (Fsp3) is 0. The van der Waals surface area contributed by atoms with Gasteiger partial charge in [-0.3, -0.25) is 4.79 Å². The summed E-state index contributed by atoms with van der Waals surface area (Å²) in [6.45, 7) is 0. The second-order valence-corrected chi connectivity index (χ2v) is 6.31. The molecule has 118 valence electrons. The Bertz CT molecular complexity index is 773. The molecule has 3 nitrogen and oxygen atoms in total. The molecule has 0 aliphatic rings. The Hall–Kier alpha value is -2.77. The van der Waals surface area contributed by atoms with Crippen LogP contribution in [0.1, 0.15) is 20.7 Å². The standard InChI is InChI=1S/C20H15O3P/c21-19(15-9-3-1-4-10-15)23-17-13-7-8-14-18(17)24-20(22)16-11-5-2-6-12-16/h1-14,24H. The molecule has 24 heavy (non-hydrogen) atoms. The normalized spacial score (nSPS) is 10.7. The smallest absolute Gasteiger partial charge is 0.343 e. The maximum Gasteiger partial charge on any atom is 0.343 e. The highest BCUT2D eigenvalue weighted by atomic mass is 31.1. The number of para-hydroxylation sites is 1. The van der Waals surface area contributed by atoms with Gasteiger partial charge in [-0.15, -0.1) is 0 Å². The average Bonchev–Trinajstić information content (AvgIpc) is 2.64. The molecule has 0 aromatic heterocycles. The third-order valence-electron chi connectivity index (χ3n) is 3.38. The van der Waals surface area contributed by atoms with Crippen LogP contribution in [0.5, 0.6) is 5.75 Å². The summed E-state index contributed by atoms with van der Waals surface area (Å²) in [4.78, 5) is 24.6. The van der Waals surface area contributed by atoms with E-state index in [2.05, 4.69) is 0 Å². The average molecular weight is 334 g/mol. The largest absolute Gasteiger partial charge is 0.422 e. The summed E-state index contributed by atoms with van der Waals surface area (Å²) in [6, 6.07) is 25.0. The van der Waals surface area contributed by atoms with E-state index in [1.807, 2.05) is 36.4 Å². The summed E-state index contributed by atoms with van der Waals surface area (Å²) >= 11 is 0. The van der Waals surface area contributed by atoms with Gasteiger partial charge in [0.2, 0.25) is 0 Å². The Kier molecular flexibility index (Phi) is 5.15. The van der Waals surface area contributed by atoms with E-state index in [-0.39, 0.29) is 14.1 Å². The molecule has 0 radical (unpaired) electrons. The molecule has 1 unspecified atom stereocenters. The summed E-state index contributed by atoms with van der Waals surface area (Å²) in [5.41, 5.74) is 1.14. The Balaban J connectivity index is 1.78. The second kappa shape index (κ2) is 7.67. The third-order valence-corrected chi connectivity index (χ3v) is 4.58. The van der Waals surface area contributed by atoms with Gasteiger partial charge in [0, 0.05) is 10.9 Å². The molecule has 0 spiro atoms. The number of carbonyl (C=O) groups is 2. The predicted molar refractivity (Wildman–Crippen MR) is 96.6 cm³/mol. The van der Waals surface area contributed by atoms with Crippen molar-refractivity contribution in [3.63, 3.8) is 0 Å². The minimum absolute atomic E-state index is 0.0128. The minimum atomic E-state index is -0.431. The van der Waals surface area contributed by atoms with Gasteiger partial charge in [0.25, 0.3) is 0 Å². The first-order valence-electron chi connectivity index (χ1n) is 7.47. The van der Waals surface area contributed by atoms with Gasteiger partial charge in [0.15, 0.2) is 5.52 Å². The van der Waals surface area contributed by atoms with Crippen LogP contribution in [-0.4, -0.2) is 11.5 Å². The van der Waals surface area contributed by atoms with Crippen LogP contribution in [0.15, 0.2) is 84.9 Å². The van der Waals surface area contributed by atoms with Crippen LogP contribution in [0.2, 0.25) is 0 Å². The van der Waals surface area contributed by atoms with Crippen molar-refractivity contribution in [3.8, 4) is 5.75 Å². The van der Waals surface area contributed by atoms with Gasteiger partial charge in [-0.2, -0.15) is 0 Å². The number of hydrogen-bond acceptors (Lipinski definition) is 3. The van der Waals surface area contributed by atoms with Gasteiger partial charge in [-0.1, -0.05) is 66.7 Å². The van der Waals surface area contributed by atoms with E-state index in [9.17, 15) is 9.59 Å². The Morgan fingerprint density at radius 2 is 1.21 bits per heavy atom. The Morgan fingerprint density at radius 1 is 0.667 bits per heavy atom. The number of rotatable bonds is 5. The zero-order valence-corrected chi connectivity index (χ0v) is 13.8. The first-order chi connectivity index (χ1) is 11.7. The van der Waals surface area contributed by atoms with Crippen molar-refractivity contribution in [2.24, 2.45) is 0 Å². The number of esters is 1. The molecular formula is C20H15O3P. The molecule has 0 saturated heterocycles. The van der Waals surface area contributed by atoms with Crippen LogP contribution >= 0.6 is 8.58 Å². The Morgan fingerprint density at radius 3 is 1.88 bits per heavy atom. The van der Waals surface area contributed by atoms with Gasteiger partial charge in [-0.25, -0.2) is 4.79 Å². The van der Waals surface area contributed by atoms with Gasteiger partial charge in [0.05, 0.1) is 5.56 Å². The van der Waals surface area contributed by atoms with E-state index in [1.54, 1.807) is 48.5 Å². The molecule has 0 saturated carbocycles. The lowest BCUT2D eigenvalue weighted by atomic mass is 10.2.